The minimum atomic E-state index is 1.01. The topological polar surface area (TPSA) is 0 Å². The van der Waals surface area contributed by atoms with Crippen molar-refractivity contribution in [2.45, 2.75) is 46.0 Å². The Morgan fingerprint density at radius 1 is 1.38 bits per heavy atom. The lowest BCUT2D eigenvalue weighted by atomic mass is 10.1. The summed E-state index contributed by atoms with van der Waals surface area (Å²) in [4.78, 5) is 0. The van der Waals surface area contributed by atoms with E-state index in [1.807, 2.05) is 6.08 Å². The standard InChI is InChI=1S/C13H22/c1-4-7-11(5-2)8-9-13-10-12(13)6-3/h4,8,12-13H,1,5-7,9-10H2,2-3H3. The average Bonchev–Trinajstić information content (AvgIpc) is 2.91. The van der Waals surface area contributed by atoms with E-state index in [0.29, 0.717) is 0 Å². The zero-order valence-electron chi connectivity index (χ0n) is 9.05. The lowest BCUT2D eigenvalue weighted by Crippen LogP contribution is -1.82. The third-order valence-corrected chi connectivity index (χ3v) is 3.16. The number of hydrogen-bond donors (Lipinski definition) is 0. The summed E-state index contributed by atoms with van der Waals surface area (Å²) in [6, 6.07) is 0. The first-order valence-corrected chi connectivity index (χ1v) is 5.60. The van der Waals surface area contributed by atoms with Crippen LogP contribution in [0, 0.1) is 11.8 Å². The van der Waals surface area contributed by atoms with Crippen molar-refractivity contribution in [3.63, 3.8) is 0 Å². The predicted molar refractivity (Wildman–Crippen MR) is 59.7 cm³/mol. The van der Waals surface area contributed by atoms with Crippen LogP contribution in [0.25, 0.3) is 0 Å². The molecule has 0 saturated heterocycles. The zero-order chi connectivity index (χ0) is 9.68. The first-order valence-electron chi connectivity index (χ1n) is 5.60. The second-order valence-corrected chi connectivity index (χ2v) is 4.11. The highest BCUT2D eigenvalue weighted by Gasteiger charge is 2.33. The Balaban J connectivity index is 2.25. The van der Waals surface area contributed by atoms with E-state index >= 15 is 0 Å². The van der Waals surface area contributed by atoms with Crippen LogP contribution in [-0.2, 0) is 0 Å². The minimum Gasteiger partial charge on any atom is -0.103 e. The fraction of sp³-hybridized carbons (Fsp3) is 0.692. The van der Waals surface area contributed by atoms with Gasteiger partial charge in [0.25, 0.3) is 0 Å². The van der Waals surface area contributed by atoms with Crippen molar-refractivity contribution >= 4 is 0 Å². The quantitative estimate of drug-likeness (QED) is 0.531. The molecule has 0 radical (unpaired) electrons. The maximum Gasteiger partial charge on any atom is -0.0142 e. The Morgan fingerprint density at radius 2 is 2.15 bits per heavy atom. The first-order chi connectivity index (χ1) is 6.31. The van der Waals surface area contributed by atoms with E-state index in [1.54, 1.807) is 5.57 Å². The fourth-order valence-corrected chi connectivity index (χ4v) is 1.97. The maximum absolute atomic E-state index is 3.78. The molecule has 0 heteroatoms. The second-order valence-electron chi connectivity index (χ2n) is 4.11. The molecule has 0 amide bonds. The van der Waals surface area contributed by atoms with Gasteiger partial charge in [-0.3, -0.25) is 0 Å². The number of rotatable bonds is 6. The molecule has 0 heterocycles. The van der Waals surface area contributed by atoms with Gasteiger partial charge in [0.05, 0.1) is 0 Å². The molecule has 1 saturated carbocycles. The molecular weight excluding hydrogens is 156 g/mol. The van der Waals surface area contributed by atoms with E-state index in [0.717, 1.165) is 18.3 Å². The van der Waals surface area contributed by atoms with E-state index in [4.69, 9.17) is 0 Å². The summed E-state index contributed by atoms with van der Waals surface area (Å²) < 4.78 is 0. The molecule has 1 aliphatic rings. The van der Waals surface area contributed by atoms with E-state index in [-0.39, 0.29) is 0 Å². The Morgan fingerprint density at radius 3 is 2.62 bits per heavy atom. The molecule has 0 bridgehead atoms. The van der Waals surface area contributed by atoms with Gasteiger partial charge in [-0.1, -0.05) is 38.0 Å². The molecule has 0 spiro atoms. The lowest BCUT2D eigenvalue weighted by molar-refractivity contribution is 0.684. The van der Waals surface area contributed by atoms with Crippen molar-refractivity contribution in [3.05, 3.63) is 24.3 Å². The van der Waals surface area contributed by atoms with Crippen molar-refractivity contribution < 1.29 is 0 Å². The highest BCUT2D eigenvalue weighted by atomic mass is 14.4. The molecule has 0 aromatic rings. The van der Waals surface area contributed by atoms with Crippen LogP contribution >= 0.6 is 0 Å². The Hall–Kier alpha value is -0.520. The summed E-state index contributed by atoms with van der Waals surface area (Å²) in [6.45, 7) is 8.32. The van der Waals surface area contributed by atoms with E-state index < -0.39 is 0 Å². The van der Waals surface area contributed by atoms with Gasteiger partial charge < -0.3 is 0 Å². The van der Waals surface area contributed by atoms with E-state index in [2.05, 4.69) is 26.5 Å². The monoisotopic (exact) mass is 178 g/mol. The SMILES string of the molecule is C=CCC(=CCC1CC1CC)CC. The summed E-state index contributed by atoms with van der Waals surface area (Å²) in [7, 11) is 0. The maximum atomic E-state index is 3.78. The van der Waals surface area contributed by atoms with Crippen LogP contribution in [0.3, 0.4) is 0 Å². The molecule has 2 atom stereocenters. The zero-order valence-corrected chi connectivity index (χ0v) is 9.05. The van der Waals surface area contributed by atoms with Gasteiger partial charge >= 0.3 is 0 Å². The Bertz CT molecular complexity index is 188. The predicted octanol–water partition coefficient (Wildman–Crippen LogP) is 4.34. The molecule has 74 valence electrons. The summed E-state index contributed by atoms with van der Waals surface area (Å²) in [5, 5.41) is 0. The average molecular weight is 178 g/mol. The summed E-state index contributed by atoms with van der Waals surface area (Å²) >= 11 is 0. The van der Waals surface area contributed by atoms with Crippen molar-refractivity contribution in [1.29, 1.82) is 0 Å². The molecule has 0 aromatic carbocycles. The summed E-state index contributed by atoms with van der Waals surface area (Å²) in [5.74, 6) is 2.05. The van der Waals surface area contributed by atoms with Gasteiger partial charge in [-0.2, -0.15) is 0 Å². The number of allylic oxidation sites excluding steroid dienone is 3. The summed E-state index contributed by atoms with van der Waals surface area (Å²) in [5.41, 5.74) is 1.57. The van der Waals surface area contributed by atoms with E-state index in [1.165, 1.54) is 25.7 Å². The van der Waals surface area contributed by atoms with Gasteiger partial charge in [0.15, 0.2) is 0 Å². The van der Waals surface area contributed by atoms with Gasteiger partial charge in [-0.25, -0.2) is 0 Å². The van der Waals surface area contributed by atoms with Gasteiger partial charge in [-0.15, -0.1) is 6.58 Å². The highest BCUT2D eigenvalue weighted by molar-refractivity contribution is 5.07. The van der Waals surface area contributed by atoms with Crippen LogP contribution in [0.1, 0.15) is 46.0 Å². The van der Waals surface area contributed by atoms with E-state index in [9.17, 15) is 0 Å². The van der Waals surface area contributed by atoms with Gasteiger partial charge in [-0.05, 0) is 37.5 Å². The molecule has 1 fully saturated rings. The molecule has 0 nitrogen and oxygen atoms in total. The second kappa shape index (κ2) is 5.26. The smallest absolute Gasteiger partial charge is 0.0142 e. The van der Waals surface area contributed by atoms with Crippen molar-refractivity contribution in [2.24, 2.45) is 11.8 Å². The van der Waals surface area contributed by atoms with Gasteiger partial charge in [0.2, 0.25) is 0 Å². The first kappa shape index (κ1) is 10.6. The van der Waals surface area contributed by atoms with Crippen LogP contribution in [-0.4, -0.2) is 0 Å². The highest BCUT2D eigenvalue weighted by Crippen LogP contribution is 2.43. The van der Waals surface area contributed by atoms with Crippen molar-refractivity contribution in [3.8, 4) is 0 Å². The van der Waals surface area contributed by atoms with Crippen molar-refractivity contribution in [1.82, 2.24) is 0 Å². The molecule has 1 aliphatic carbocycles. The molecule has 2 unspecified atom stereocenters. The van der Waals surface area contributed by atoms with Crippen molar-refractivity contribution in [2.75, 3.05) is 0 Å². The van der Waals surface area contributed by atoms with Gasteiger partial charge in [0.1, 0.15) is 0 Å². The molecule has 0 aromatic heterocycles. The van der Waals surface area contributed by atoms with Crippen LogP contribution < -0.4 is 0 Å². The molecule has 0 aliphatic heterocycles. The van der Waals surface area contributed by atoms with Crippen LogP contribution in [0.15, 0.2) is 24.3 Å². The Kier molecular flexibility index (Phi) is 4.27. The third-order valence-electron chi connectivity index (χ3n) is 3.16. The normalized spacial score (nSPS) is 27.4. The van der Waals surface area contributed by atoms with Crippen LogP contribution in [0.2, 0.25) is 0 Å². The number of hydrogen-bond acceptors (Lipinski definition) is 0. The third kappa shape index (κ3) is 3.38. The Labute approximate surface area is 82.7 Å². The largest absolute Gasteiger partial charge is 0.103 e. The molecule has 13 heavy (non-hydrogen) atoms. The summed E-state index contributed by atoms with van der Waals surface area (Å²) in [6.07, 6.45) is 10.9. The molecule has 0 N–H and O–H groups in total. The van der Waals surface area contributed by atoms with Gasteiger partial charge in [0, 0.05) is 0 Å². The van der Waals surface area contributed by atoms with Crippen LogP contribution in [0.5, 0.6) is 0 Å². The molecule has 1 rings (SSSR count). The fourth-order valence-electron chi connectivity index (χ4n) is 1.97. The van der Waals surface area contributed by atoms with Crippen LogP contribution in [0.4, 0.5) is 0 Å². The minimum absolute atomic E-state index is 1.01. The lowest BCUT2D eigenvalue weighted by Gasteiger charge is -2.00. The molecular formula is C13H22.